The third-order valence-corrected chi connectivity index (χ3v) is 2.97. The number of methoxy groups -OCH3 is 1. The average molecular weight is 296 g/mol. The summed E-state index contributed by atoms with van der Waals surface area (Å²) in [6.45, 7) is 0.241. The molecule has 0 heterocycles. The highest BCUT2D eigenvalue weighted by atomic mass is 16.5. The minimum atomic E-state index is -0.416. The smallest absolute Gasteiger partial charge is 0.337 e. The molecule has 0 fully saturated rings. The van der Waals surface area contributed by atoms with Crippen molar-refractivity contribution in [2.45, 2.75) is 6.61 Å². The van der Waals surface area contributed by atoms with Crippen LogP contribution in [0.15, 0.2) is 60.7 Å². The van der Waals surface area contributed by atoms with Gasteiger partial charge >= 0.3 is 11.9 Å². The predicted molar refractivity (Wildman–Crippen MR) is 83.1 cm³/mol. The van der Waals surface area contributed by atoms with Gasteiger partial charge in [0.15, 0.2) is 0 Å². The van der Waals surface area contributed by atoms with Crippen molar-refractivity contribution in [1.29, 1.82) is 0 Å². The fraction of sp³-hybridized carbons (Fsp3) is 0.111. The lowest BCUT2D eigenvalue weighted by Crippen LogP contribution is -2.01. The van der Waals surface area contributed by atoms with Gasteiger partial charge in [0.05, 0.1) is 12.7 Å². The minimum Gasteiger partial charge on any atom is -0.465 e. The molecule has 4 nitrogen and oxygen atoms in total. The van der Waals surface area contributed by atoms with E-state index in [1.54, 1.807) is 30.3 Å². The van der Waals surface area contributed by atoms with Crippen LogP contribution < -0.4 is 0 Å². The van der Waals surface area contributed by atoms with Crippen molar-refractivity contribution >= 4 is 18.0 Å². The van der Waals surface area contributed by atoms with Gasteiger partial charge in [-0.3, -0.25) is 0 Å². The normalized spacial score (nSPS) is 10.4. The first-order valence-electron chi connectivity index (χ1n) is 6.76. The standard InChI is InChI=1S/C18H16O4/c1-21-18(20)16-10-7-14(8-11-16)9-12-17(19)22-13-15-5-3-2-4-6-15/h2-12H,13H2,1H3/b12-9+. The molecule has 0 unspecified atom stereocenters. The first-order valence-corrected chi connectivity index (χ1v) is 6.76. The Morgan fingerprint density at radius 2 is 1.68 bits per heavy atom. The van der Waals surface area contributed by atoms with Gasteiger partial charge in [-0.25, -0.2) is 9.59 Å². The lowest BCUT2D eigenvalue weighted by molar-refractivity contribution is -0.138. The molecule has 2 rings (SSSR count). The fourth-order valence-electron chi connectivity index (χ4n) is 1.79. The van der Waals surface area contributed by atoms with Gasteiger partial charge in [0.1, 0.15) is 6.61 Å². The molecule has 0 atom stereocenters. The van der Waals surface area contributed by atoms with Gasteiger partial charge in [0.25, 0.3) is 0 Å². The average Bonchev–Trinajstić information content (AvgIpc) is 2.58. The highest BCUT2D eigenvalue weighted by Gasteiger charge is 2.03. The SMILES string of the molecule is COC(=O)c1ccc(/C=C/C(=O)OCc2ccccc2)cc1. The predicted octanol–water partition coefficient (Wildman–Crippen LogP) is 3.23. The Balaban J connectivity index is 1.88. The molecule has 0 amide bonds. The molecule has 0 spiro atoms. The molecule has 2 aromatic rings. The summed E-state index contributed by atoms with van der Waals surface area (Å²) in [5.74, 6) is -0.807. The zero-order valence-corrected chi connectivity index (χ0v) is 12.2. The third kappa shape index (κ3) is 4.59. The van der Waals surface area contributed by atoms with Crippen molar-refractivity contribution < 1.29 is 19.1 Å². The minimum absolute atomic E-state index is 0.241. The number of benzene rings is 2. The van der Waals surface area contributed by atoms with E-state index in [1.807, 2.05) is 30.3 Å². The topological polar surface area (TPSA) is 52.6 Å². The van der Waals surface area contributed by atoms with Crippen LogP contribution in [0.4, 0.5) is 0 Å². The van der Waals surface area contributed by atoms with E-state index in [0.29, 0.717) is 5.56 Å². The molecule has 0 N–H and O–H groups in total. The Hall–Kier alpha value is -2.88. The zero-order valence-electron chi connectivity index (χ0n) is 12.2. The molecule has 0 aliphatic heterocycles. The highest BCUT2D eigenvalue weighted by Crippen LogP contribution is 2.08. The summed E-state index contributed by atoms with van der Waals surface area (Å²) in [6.07, 6.45) is 2.99. The van der Waals surface area contributed by atoms with E-state index in [9.17, 15) is 9.59 Å². The Morgan fingerprint density at radius 3 is 2.32 bits per heavy atom. The van der Waals surface area contributed by atoms with Gasteiger partial charge in [0.2, 0.25) is 0 Å². The highest BCUT2D eigenvalue weighted by molar-refractivity contribution is 5.90. The molecule has 2 aromatic carbocycles. The zero-order chi connectivity index (χ0) is 15.8. The van der Waals surface area contributed by atoms with Crippen LogP contribution >= 0.6 is 0 Å². The first-order chi connectivity index (χ1) is 10.7. The molecule has 4 heteroatoms. The summed E-state index contributed by atoms with van der Waals surface area (Å²) >= 11 is 0. The van der Waals surface area contributed by atoms with E-state index >= 15 is 0 Å². The molecule has 112 valence electrons. The molecule has 0 aliphatic carbocycles. The van der Waals surface area contributed by atoms with E-state index in [-0.39, 0.29) is 6.61 Å². The van der Waals surface area contributed by atoms with Crippen LogP contribution in [-0.2, 0) is 20.9 Å². The van der Waals surface area contributed by atoms with E-state index in [2.05, 4.69) is 4.74 Å². The number of carbonyl (C=O) groups excluding carboxylic acids is 2. The molecule has 22 heavy (non-hydrogen) atoms. The van der Waals surface area contributed by atoms with Gasteiger partial charge in [-0.1, -0.05) is 42.5 Å². The van der Waals surface area contributed by atoms with E-state index in [1.165, 1.54) is 13.2 Å². The molecule has 0 bridgehead atoms. The van der Waals surface area contributed by atoms with Gasteiger partial charge in [-0.2, -0.15) is 0 Å². The van der Waals surface area contributed by atoms with Crippen molar-refractivity contribution in [2.24, 2.45) is 0 Å². The van der Waals surface area contributed by atoms with E-state index in [0.717, 1.165) is 11.1 Å². The van der Waals surface area contributed by atoms with Crippen molar-refractivity contribution in [2.75, 3.05) is 7.11 Å². The summed E-state index contributed by atoms with van der Waals surface area (Å²) in [7, 11) is 1.33. The van der Waals surface area contributed by atoms with Crippen LogP contribution in [0.1, 0.15) is 21.5 Å². The van der Waals surface area contributed by atoms with Gasteiger partial charge in [-0.05, 0) is 29.3 Å². The van der Waals surface area contributed by atoms with Crippen LogP contribution in [0.5, 0.6) is 0 Å². The van der Waals surface area contributed by atoms with Gasteiger partial charge < -0.3 is 9.47 Å². The monoisotopic (exact) mass is 296 g/mol. The summed E-state index contributed by atoms with van der Waals surface area (Å²) in [4.78, 5) is 22.9. The van der Waals surface area contributed by atoms with Crippen molar-refractivity contribution in [1.82, 2.24) is 0 Å². The third-order valence-electron chi connectivity index (χ3n) is 2.97. The summed E-state index contributed by atoms with van der Waals surface area (Å²) in [5, 5.41) is 0. The second-order valence-corrected chi connectivity index (χ2v) is 4.54. The second kappa shape index (κ2) is 7.78. The van der Waals surface area contributed by atoms with Crippen LogP contribution in [0.2, 0.25) is 0 Å². The van der Waals surface area contributed by atoms with Crippen molar-refractivity contribution in [3.63, 3.8) is 0 Å². The second-order valence-electron chi connectivity index (χ2n) is 4.54. The summed E-state index contributed by atoms with van der Waals surface area (Å²) in [6, 6.07) is 16.2. The number of rotatable bonds is 5. The largest absolute Gasteiger partial charge is 0.465 e. The number of ether oxygens (including phenoxy) is 2. The van der Waals surface area contributed by atoms with E-state index in [4.69, 9.17) is 4.74 Å². The lowest BCUT2D eigenvalue weighted by atomic mass is 10.1. The molecular weight excluding hydrogens is 280 g/mol. The summed E-state index contributed by atoms with van der Waals surface area (Å²) < 4.78 is 9.75. The molecule has 0 aromatic heterocycles. The number of carbonyl (C=O) groups is 2. The Labute approximate surface area is 129 Å². The number of esters is 2. The van der Waals surface area contributed by atoms with Gasteiger partial charge in [0, 0.05) is 6.08 Å². The molecule has 0 saturated heterocycles. The Kier molecular flexibility index (Phi) is 5.49. The number of hydrogen-bond donors (Lipinski definition) is 0. The van der Waals surface area contributed by atoms with Crippen LogP contribution in [0.25, 0.3) is 6.08 Å². The quantitative estimate of drug-likeness (QED) is 0.628. The first kappa shape index (κ1) is 15.5. The Bertz CT molecular complexity index is 657. The maximum absolute atomic E-state index is 11.6. The van der Waals surface area contributed by atoms with Crippen molar-refractivity contribution in [3.8, 4) is 0 Å². The van der Waals surface area contributed by atoms with Crippen LogP contribution in [0.3, 0.4) is 0 Å². The summed E-state index contributed by atoms with van der Waals surface area (Å²) in [5.41, 5.74) is 2.20. The Morgan fingerprint density at radius 1 is 1.00 bits per heavy atom. The molecule has 0 radical (unpaired) electrons. The van der Waals surface area contributed by atoms with Crippen molar-refractivity contribution in [3.05, 3.63) is 77.4 Å². The maximum Gasteiger partial charge on any atom is 0.337 e. The molecular formula is C18H16O4. The maximum atomic E-state index is 11.6. The molecule has 0 aliphatic rings. The number of hydrogen-bond acceptors (Lipinski definition) is 4. The van der Waals surface area contributed by atoms with Gasteiger partial charge in [-0.15, -0.1) is 0 Å². The molecule has 0 saturated carbocycles. The fourth-order valence-corrected chi connectivity index (χ4v) is 1.79. The van der Waals surface area contributed by atoms with Crippen LogP contribution in [-0.4, -0.2) is 19.0 Å². The lowest BCUT2D eigenvalue weighted by Gasteiger charge is -2.02. The van der Waals surface area contributed by atoms with Crippen LogP contribution in [0, 0.1) is 0 Å². The van der Waals surface area contributed by atoms with E-state index < -0.39 is 11.9 Å².